The molecule has 1 aromatic carbocycles. The van der Waals surface area contributed by atoms with E-state index >= 15 is 0 Å². The predicted octanol–water partition coefficient (Wildman–Crippen LogP) is 3.63. The maximum Gasteiger partial charge on any atom is 0.0571 e. The Balaban J connectivity index is 1.64. The molecule has 0 spiro atoms. The summed E-state index contributed by atoms with van der Waals surface area (Å²) in [6.45, 7) is 2.06. The summed E-state index contributed by atoms with van der Waals surface area (Å²) in [6.07, 6.45) is 6.95. The van der Waals surface area contributed by atoms with E-state index in [-0.39, 0.29) is 0 Å². The Bertz CT molecular complexity index is 711. The van der Waals surface area contributed by atoms with E-state index in [1.165, 1.54) is 11.1 Å². The summed E-state index contributed by atoms with van der Waals surface area (Å²) in [5, 5.41) is 1.12. The Labute approximate surface area is 118 Å². The molecule has 20 heavy (non-hydrogen) atoms. The van der Waals surface area contributed by atoms with Gasteiger partial charge in [0, 0.05) is 29.0 Å². The van der Waals surface area contributed by atoms with Crippen LogP contribution < -0.4 is 5.73 Å². The van der Waals surface area contributed by atoms with Crippen molar-refractivity contribution >= 4 is 16.6 Å². The molecule has 3 heteroatoms. The number of hydrogen-bond acceptors (Lipinski definition) is 2. The number of pyridine rings is 1. The van der Waals surface area contributed by atoms with Crippen molar-refractivity contribution in [3.63, 3.8) is 0 Å². The minimum atomic E-state index is 0.821. The number of nitrogens with two attached hydrogens (primary N) is 1. The lowest BCUT2D eigenvalue weighted by atomic mass is 10.0. The van der Waals surface area contributed by atoms with Crippen molar-refractivity contribution in [1.29, 1.82) is 0 Å². The molecule has 2 aromatic heterocycles. The van der Waals surface area contributed by atoms with Crippen molar-refractivity contribution in [2.24, 2.45) is 0 Å². The van der Waals surface area contributed by atoms with Crippen LogP contribution in [0.5, 0.6) is 0 Å². The number of aromatic nitrogens is 2. The van der Waals surface area contributed by atoms with Crippen LogP contribution in [0.15, 0.2) is 42.7 Å². The molecule has 0 saturated carbocycles. The van der Waals surface area contributed by atoms with E-state index in [1.807, 2.05) is 12.4 Å². The van der Waals surface area contributed by atoms with E-state index in [1.54, 1.807) is 0 Å². The standard InChI is InChI=1S/C17H19N3/c1-12-5-7-14(19-10-12)4-2-3-13-6-8-17-15(9-13)16(18)11-20-17/h5-11,20H,2-4,18H2,1H3. The Kier molecular flexibility index (Phi) is 3.42. The number of fused-ring (bicyclic) bond motifs is 1. The van der Waals surface area contributed by atoms with Gasteiger partial charge in [0.2, 0.25) is 0 Å². The number of hydrogen-bond donors (Lipinski definition) is 2. The van der Waals surface area contributed by atoms with Gasteiger partial charge in [-0.2, -0.15) is 0 Å². The minimum absolute atomic E-state index is 0.821. The molecule has 0 saturated heterocycles. The van der Waals surface area contributed by atoms with Crippen molar-refractivity contribution in [2.75, 3.05) is 5.73 Å². The Hall–Kier alpha value is -2.29. The predicted molar refractivity (Wildman–Crippen MR) is 83.7 cm³/mol. The first kappa shape index (κ1) is 12.7. The van der Waals surface area contributed by atoms with Gasteiger partial charge in [-0.1, -0.05) is 12.1 Å². The lowest BCUT2D eigenvalue weighted by Gasteiger charge is -2.03. The highest BCUT2D eigenvalue weighted by molar-refractivity contribution is 5.91. The number of aryl methyl sites for hydroxylation is 3. The molecule has 0 aliphatic carbocycles. The number of nitrogens with zero attached hydrogens (tertiary/aromatic N) is 1. The van der Waals surface area contributed by atoms with E-state index in [0.29, 0.717) is 0 Å². The number of aromatic amines is 1. The smallest absolute Gasteiger partial charge is 0.0571 e. The molecular weight excluding hydrogens is 246 g/mol. The molecule has 0 bridgehead atoms. The van der Waals surface area contributed by atoms with E-state index in [4.69, 9.17) is 5.73 Å². The van der Waals surface area contributed by atoms with E-state index in [2.05, 4.69) is 47.2 Å². The number of benzene rings is 1. The third-order valence-electron chi connectivity index (χ3n) is 3.65. The minimum Gasteiger partial charge on any atom is -0.397 e. The molecule has 102 valence electrons. The summed E-state index contributed by atoms with van der Waals surface area (Å²) >= 11 is 0. The summed E-state index contributed by atoms with van der Waals surface area (Å²) in [4.78, 5) is 7.61. The molecule has 0 radical (unpaired) electrons. The van der Waals surface area contributed by atoms with Crippen molar-refractivity contribution in [1.82, 2.24) is 9.97 Å². The third-order valence-corrected chi connectivity index (χ3v) is 3.65. The molecule has 0 atom stereocenters. The number of rotatable bonds is 4. The van der Waals surface area contributed by atoms with E-state index in [0.717, 1.165) is 41.5 Å². The van der Waals surface area contributed by atoms with Crippen molar-refractivity contribution in [3.05, 3.63) is 59.5 Å². The van der Waals surface area contributed by atoms with Crippen LogP contribution in [0.2, 0.25) is 0 Å². The van der Waals surface area contributed by atoms with Crippen molar-refractivity contribution in [2.45, 2.75) is 26.2 Å². The largest absolute Gasteiger partial charge is 0.397 e. The van der Waals surface area contributed by atoms with Crippen LogP contribution in [0, 0.1) is 6.92 Å². The molecule has 3 nitrogen and oxygen atoms in total. The Morgan fingerprint density at radius 1 is 1.15 bits per heavy atom. The molecule has 0 unspecified atom stereocenters. The fourth-order valence-corrected chi connectivity index (χ4v) is 2.46. The number of anilines is 1. The number of nitrogen functional groups attached to an aromatic ring is 1. The van der Waals surface area contributed by atoms with Gasteiger partial charge in [0.15, 0.2) is 0 Å². The maximum absolute atomic E-state index is 5.94. The summed E-state index contributed by atoms with van der Waals surface area (Å²) in [5.74, 6) is 0. The molecule has 3 N–H and O–H groups in total. The lowest BCUT2D eigenvalue weighted by molar-refractivity contribution is 0.799. The fraction of sp³-hybridized carbons (Fsp3) is 0.235. The molecule has 3 aromatic rings. The van der Waals surface area contributed by atoms with Gasteiger partial charge >= 0.3 is 0 Å². The molecule has 0 amide bonds. The van der Waals surface area contributed by atoms with Gasteiger partial charge in [-0.3, -0.25) is 4.98 Å². The zero-order valence-corrected chi connectivity index (χ0v) is 11.7. The molecule has 0 fully saturated rings. The van der Waals surface area contributed by atoms with E-state index < -0.39 is 0 Å². The highest BCUT2D eigenvalue weighted by Crippen LogP contribution is 2.22. The monoisotopic (exact) mass is 265 g/mol. The summed E-state index contributed by atoms with van der Waals surface area (Å²) in [7, 11) is 0. The SMILES string of the molecule is Cc1ccc(CCCc2ccc3[nH]cc(N)c3c2)nc1. The molecule has 0 aliphatic heterocycles. The first-order valence-electron chi connectivity index (χ1n) is 6.99. The zero-order chi connectivity index (χ0) is 13.9. The highest BCUT2D eigenvalue weighted by atomic mass is 14.7. The summed E-state index contributed by atoms with van der Waals surface area (Å²) < 4.78 is 0. The zero-order valence-electron chi connectivity index (χ0n) is 11.7. The van der Waals surface area contributed by atoms with Crippen LogP contribution in [0.3, 0.4) is 0 Å². The van der Waals surface area contributed by atoms with Gasteiger partial charge in [0.05, 0.1) is 5.69 Å². The maximum atomic E-state index is 5.94. The molecule has 2 heterocycles. The number of H-pyrrole nitrogens is 1. The average molecular weight is 265 g/mol. The molecular formula is C17H19N3. The second-order valence-corrected chi connectivity index (χ2v) is 5.30. The Morgan fingerprint density at radius 2 is 2.05 bits per heavy atom. The first-order valence-corrected chi connectivity index (χ1v) is 6.99. The second kappa shape index (κ2) is 5.37. The quantitative estimate of drug-likeness (QED) is 0.757. The van der Waals surface area contributed by atoms with Crippen LogP contribution in [0.4, 0.5) is 5.69 Å². The fourth-order valence-electron chi connectivity index (χ4n) is 2.46. The van der Waals surface area contributed by atoms with Gasteiger partial charge in [-0.25, -0.2) is 0 Å². The second-order valence-electron chi connectivity index (χ2n) is 5.30. The van der Waals surface area contributed by atoms with Crippen LogP contribution in [0.25, 0.3) is 10.9 Å². The Morgan fingerprint density at radius 3 is 2.85 bits per heavy atom. The first-order chi connectivity index (χ1) is 9.72. The highest BCUT2D eigenvalue weighted by Gasteiger charge is 2.02. The van der Waals surface area contributed by atoms with Crippen LogP contribution in [-0.2, 0) is 12.8 Å². The molecule has 0 aliphatic rings. The normalized spacial score (nSPS) is 11.1. The third kappa shape index (κ3) is 2.67. The topological polar surface area (TPSA) is 54.7 Å². The van der Waals surface area contributed by atoms with Gasteiger partial charge in [0.25, 0.3) is 0 Å². The van der Waals surface area contributed by atoms with Crippen molar-refractivity contribution in [3.8, 4) is 0 Å². The van der Waals surface area contributed by atoms with Gasteiger partial charge in [-0.15, -0.1) is 0 Å². The lowest BCUT2D eigenvalue weighted by Crippen LogP contribution is -1.93. The van der Waals surface area contributed by atoms with Gasteiger partial charge < -0.3 is 10.7 Å². The number of nitrogens with one attached hydrogen (secondary N) is 1. The van der Waals surface area contributed by atoms with Crippen LogP contribution >= 0.6 is 0 Å². The average Bonchev–Trinajstić information content (AvgIpc) is 2.83. The van der Waals surface area contributed by atoms with Crippen LogP contribution in [0.1, 0.15) is 23.2 Å². The van der Waals surface area contributed by atoms with Crippen molar-refractivity contribution < 1.29 is 0 Å². The summed E-state index contributed by atoms with van der Waals surface area (Å²) in [5.41, 5.74) is 11.6. The van der Waals surface area contributed by atoms with Crippen LogP contribution in [-0.4, -0.2) is 9.97 Å². The van der Waals surface area contributed by atoms with E-state index in [9.17, 15) is 0 Å². The summed E-state index contributed by atoms with van der Waals surface area (Å²) in [6, 6.07) is 10.7. The van der Waals surface area contributed by atoms with Gasteiger partial charge in [0.1, 0.15) is 0 Å². The molecule has 3 rings (SSSR count). The van der Waals surface area contributed by atoms with Gasteiger partial charge in [-0.05, 0) is 55.5 Å².